The molecule has 1 aliphatic heterocycles. The van der Waals surface area contributed by atoms with Crippen molar-refractivity contribution in [1.29, 1.82) is 0 Å². The number of aryl methyl sites for hydroxylation is 1. The van der Waals surface area contributed by atoms with Gasteiger partial charge in [-0.05, 0) is 12.8 Å². The second-order valence-corrected chi connectivity index (χ2v) is 5.91. The average Bonchev–Trinajstić information content (AvgIpc) is 3.16. The summed E-state index contributed by atoms with van der Waals surface area (Å²) in [5.41, 5.74) is 1.19. The highest BCUT2D eigenvalue weighted by Gasteiger charge is 2.30. The lowest BCUT2D eigenvalue weighted by atomic mass is 10.2. The number of methoxy groups -OCH3 is 1. The molecule has 1 atom stereocenters. The van der Waals surface area contributed by atoms with E-state index in [-0.39, 0.29) is 17.8 Å². The molecule has 0 spiro atoms. The number of urea groups is 1. The molecule has 130 valence electrons. The van der Waals surface area contributed by atoms with E-state index in [9.17, 15) is 9.59 Å². The van der Waals surface area contributed by atoms with Crippen molar-refractivity contribution in [2.45, 2.75) is 18.9 Å². The molecule has 0 unspecified atom stereocenters. The number of ether oxygens (including phenoxy) is 1. The number of imidazole rings is 1. The minimum Gasteiger partial charge on any atom is -0.385 e. The van der Waals surface area contributed by atoms with Crippen molar-refractivity contribution in [3.05, 3.63) is 23.0 Å². The van der Waals surface area contributed by atoms with Crippen LogP contribution < -0.4 is 11.0 Å². The molecular formula is C15H22N6O3. The van der Waals surface area contributed by atoms with Crippen LogP contribution in [0.15, 0.2) is 17.3 Å². The Balaban J connectivity index is 1.71. The summed E-state index contributed by atoms with van der Waals surface area (Å²) in [5, 5.41) is 2.88. The number of fused-ring (bicyclic) bond motifs is 1. The Morgan fingerprint density at radius 3 is 3.12 bits per heavy atom. The zero-order valence-corrected chi connectivity index (χ0v) is 13.9. The van der Waals surface area contributed by atoms with Gasteiger partial charge in [0.15, 0.2) is 5.65 Å². The van der Waals surface area contributed by atoms with Gasteiger partial charge in [0.05, 0.1) is 12.2 Å². The van der Waals surface area contributed by atoms with Crippen molar-refractivity contribution in [3.63, 3.8) is 0 Å². The van der Waals surface area contributed by atoms with Gasteiger partial charge in [0.25, 0.3) is 0 Å². The standard InChI is InChI=1S/C15H22N6O3/c1-19-12-8-16-10-18-13(12)21(15(19)23)11-4-6-20(9-11)14(22)17-5-3-7-24-2/h8,10-11H,3-7,9H2,1-2H3,(H,17,22)/t11-/m1/s1. The highest BCUT2D eigenvalue weighted by atomic mass is 16.5. The first-order valence-corrected chi connectivity index (χ1v) is 8.02. The number of amides is 2. The van der Waals surface area contributed by atoms with Crippen molar-refractivity contribution in [2.75, 3.05) is 33.4 Å². The smallest absolute Gasteiger partial charge is 0.330 e. The van der Waals surface area contributed by atoms with E-state index < -0.39 is 0 Å². The molecule has 9 heteroatoms. The molecule has 3 rings (SSSR count). The van der Waals surface area contributed by atoms with Crippen LogP contribution in [0.4, 0.5) is 4.79 Å². The van der Waals surface area contributed by atoms with Crippen LogP contribution in [0.2, 0.25) is 0 Å². The summed E-state index contributed by atoms with van der Waals surface area (Å²) in [5.74, 6) is 0. The Morgan fingerprint density at radius 1 is 1.50 bits per heavy atom. The number of hydrogen-bond acceptors (Lipinski definition) is 5. The molecule has 1 aliphatic rings. The first-order chi connectivity index (χ1) is 11.6. The number of aromatic nitrogens is 4. The van der Waals surface area contributed by atoms with Crippen molar-refractivity contribution >= 4 is 17.2 Å². The Labute approximate surface area is 139 Å². The van der Waals surface area contributed by atoms with Crippen molar-refractivity contribution in [2.24, 2.45) is 7.05 Å². The van der Waals surface area contributed by atoms with Gasteiger partial charge in [0.1, 0.15) is 11.8 Å². The molecule has 0 aliphatic carbocycles. The van der Waals surface area contributed by atoms with E-state index in [1.165, 1.54) is 6.33 Å². The minimum atomic E-state index is -0.127. The molecule has 2 aromatic heterocycles. The van der Waals surface area contributed by atoms with Crippen LogP contribution in [-0.4, -0.2) is 63.4 Å². The third-order valence-corrected chi connectivity index (χ3v) is 4.37. The summed E-state index contributed by atoms with van der Waals surface area (Å²) in [6.07, 6.45) is 4.58. The second-order valence-electron chi connectivity index (χ2n) is 5.91. The van der Waals surface area contributed by atoms with Crippen LogP contribution in [0, 0.1) is 0 Å². The predicted octanol–water partition coefficient (Wildman–Crippen LogP) is 0.123. The fourth-order valence-electron chi connectivity index (χ4n) is 3.08. The van der Waals surface area contributed by atoms with Crippen LogP contribution in [0.1, 0.15) is 18.9 Å². The number of likely N-dealkylation sites (tertiary alicyclic amines) is 1. The van der Waals surface area contributed by atoms with Crippen LogP contribution in [0.3, 0.4) is 0 Å². The summed E-state index contributed by atoms with van der Waals surface area (Å²) >= 11 is 0. The molecule has 1 saturated heterocycles. The topological polar surface area (TPSA) is 94.3 Å². The van der Waals surface area contributed by atoms with Gasteiger partial charge in [-0.2, -0.15) is 0 Å². The molecule has 0 bridgehead atoms. The maximum atomic E-state index is 12.5. The molecule has 0 aromatic carbocycles. The molecule has 0 radical (unpaired) electrons. The van der Waals surface area contributed by atoms with Gasteiger partial charge in [0.2, 0.25) is 0 Å². The number of hydrogen-bond donors (Lipinski definition) is 1. The number of nitrogens with one attached hydrogen (secondary N) is 1. The van der Waals surface area contributed by atoms with Gasteiger partial charge in [-0.15, -0.1) is 0 Å². The summed E-state index contributed by atoms with van der Waals surface area (Å²) in [6, 6.07) is -0.169. The minimum absolute atomic E-state index is 0.0687. The number of carbonyl (C=O) groups is 1. The van der Waals surface area contributed by atoms with Crippen LogP contribution in [-0.2, 0) is 11.8 Å². The van der Waals surface area contributed by atoms with E-state index in [2.05, 4.69) is 15.3 Å². The normalized spacial score (nSPS) is 17.6. The number of rotatable bonds is 5. The fourth-order valence-corrected chi connectivity index (χ4v) is 3.08. The lowest BCUT2D eigenvalue weighted by molar-refractivity contribution is 0.188. The summed E-state index contributed by atoms with van der Waals surface area (Å²) in [7, 11) is 3.35. The lowest BCUT2D eigenvalue weighted by Crippen LogP contribution is -2.39. The van der Waals surface area contributed by atoms with Gasteiger partial charge >= 0.3 is 11.7 Å². The Bertz CT molecular complexity index is 783. The third-order valence-electron chi connectivity index (χ3n) is 4.37. The maximum absolute atomic E-state index is 12.5. The Kier molecular flexibility index (Phi) is 4.79. The van der Waals surface area contributed by atoms with Crippen molar-refractivity contribution in [1.82, 2.24) is 29.3 Å². The number of carbonyl (C=O) groups excluding carboxylic acids is 1. The summed E-state index contributed by atoms with van der Waals surface area (Å²) in [4.78, 5) is 34.7. The summed E-state index contributed by atoms with van der Waals surface area (Å²) < 4.78 is 8.18. The monoisotopic (exact) mass is 334 g/mol. The molecule has 1 N–H and O–H groups in total. The van der Waals surface area contributed by atoms with Crippen molar-refractivity contribution in [3.8, 4) is 0 Å². The van der Waals surface area contributed by atoms with Crippen molar-refractivity contribution < 1.29 is 9.53 Å². The molecular weight excluding hydrogens is 312 g/mol. The third kappa shape index (κ3) is 2.99. The highest BCUT2D eigenvalue weighted by Crippen LogP contribution is 2.23. The lowest BCUT2D eigenvalue weighted by Gasteiger charge is -2.17. The van der Waals surface area contributed by atoms with Gasteiger partial charge < -0.3 is 15.0 Å². The first kappa shape index (κ1) is 16.4. The SMILES string of the molecule is COCCCNC(=O)N1CC[C@@H](n2c(=O)n(C)c3cncnc32)C1. The molecule has 2 amide bonds. The van der Waals surface area contributed by atoms with E-state index in [0.29, 0.717) is 37.4 Å². The van der Waals surface area contributed by atoms with E-state index >= 15 is 0 Å². The molecule has 3 heterocycles. The molecule has 9 nitrogen and oxygen atoms in total. The Morgan fingerprint density at radius 2 is 2.33 bits per heavy atom. The zero-order valence-electron chi connectivity index (χ0n) is 13.9. The van der Waals surface area contributed by atoms with E-state index in [0.717, 1.165) is 12.8 Å². The second kappa shape index (κ2) is 7.00. The molecule has 0 saturated carbocycles. The van der Waals surface area contributed by atoms with Gasteiger partial charge in [-0.1, -0.05) is 0 Å². The highest BCUT2D eigenvalue weighted by molar-refractivity contribution is 5.74. The largest absolute Gasteiger partial charge is 0.385 e. The quantitative estimate of drug-likeness (QED) is 0.784. The van der Waals surface area contributed by atoms with Crippen LogP contribution >= 0.6 is 0 Å². The van der Waals surface area contributed by atoms with Gasteiger partial charge in [0, 0.05) is 40.4 Å². The molecule has 24 heavy (non-hydrogen) atoms. The van der Waals surface area contributed by atoms with Crippen LogP contribution in [0.25, 0.3) is 11.2 Å². The predicted molar refractivity (Wildman–Crippen MR) is 87.9 cm³/mol. The molecule has 1 fully saturated rings. The average molecular weight is 334 g/mol. The number of nitrogens with zero attached hydrogens (tertiary/aromatic N) is 5. The maximum Gasteiger partial charge on any atom is 0.330 e. The molecule has 2 aromatic rings. The fraction of sp³-hybridized carbons (Fsp3) is 0.600. The first-order valence-electron chi connectivity index (χ1n) is 8.02. The summed E-state index contributed by atoms with van der Waals surface area (Å²) in [6.45, 7) is 2.32. The van der Waals surface area contributed by atoms with Gasteiger partial charge in [-0.25, -0.2) is 19.6 Å². The van der Waals surface area contributed by atoms with E-state index in [4.69, 9.17) is 4.74 Å². The van der Waals surface area contributed by atoms with E-state index in [1.807, 2.05) is 0 Å². The Hall–Kier alpha value is -2.42. The van der Waals surface area contributed by atoms with E-state index in [1.54, 1.807) is 34.4 Å². The zero-order chi connectivity index (χ0) is 17.1. The van der Waals surface area contributed by atoms with Gasteiger partial charge in [-0.3, -0.25) is 9.13 Å². The van der Waals surface area contributed by atoms with Crippen LogP contribution in [0.5, 0.6) is 0 Å².